The molecule has 1 heterocycles. The Bertz CT molecular complexity index is 1370. The second kappa shape index (κ2) is 12.7. The molecule has 10 nitrogen and oxygen atoms in total. The van der Waals surface area contributed by atoms with Crippen LogP contribution in [0.25, 0.3) is 0 Å². The van der Waals surface area contributed by atoms with Gasteiger partial charge < -0.3 is 24.6 Å². The highest BCUT2D eigenvalue weighted by atomic mass is 16.5. The van der Waals surface area contributed by atoms with Crippen LogP contribution in [0.2, 0.25) is 0 Å². The highest BCUT2D eigenvalue weighted by Gasteiger charge is 2.37. The number of carbonyl (C=O) groups is 3. The monoisotopic (exact) mass is 550 g/mol. The molecule has 2 N–H and O–H groups in total. The third kappa shape index (κ3) is 7.40. The average molecular weight is 551 g/mol. The number of hydrogen-bond acceptors (Lipinski definition) is 7. The molecule has 0 bridgehead atoms. The number of amides is 3. The smallest absolute Gasteiger partial charge is 0.248 e. The van der Waals surface area contributed by atoms with Crippen molar-refractivity contribution in [1.29, 1.82) is 0 Å². The Balaban J connectivity index is 2.10. The molecule has 0 fully saturated rings. The zero-order valence-electron chi connectivity index (χ0n) is 24.4. The van der Waals surface area contributed by atoms with Gasteiger partial charge in [0.1, 0.15) is 11.8 Å². The van der Waals surface area contributed by atoms with Gasteiger partial charge in [0.05, 0.1) is 14.2 Å². The van der Waals surface area contributed by atoms with Gasteiger partial charge in [-0.2, -0.15) is 0 Å². The molecule has 3 amide bonds. The van der Waals surface area contributed by atoms with Gasteiger partial charge in [-0.3, -0.25) is 19.3 Å². The maximum atomic E-state index is 14.0. The standard InChI is InChI=1S/C30H38N4O6/c1-18-12-13-22(19(2)16-18)34(26(36)15-14-25(35)31-24-17-20(3)40-33-24)27(29(37)32-30(4,5)6)21-10-9-11-23(38-7)28(21)39-8/h9-13,16-17,27H,14-15H2,1-8H3,(H,32,37)(H,31,33,35)/t27-/m0/s1. The molecule has 3 aromatic rings. The van der Waals surface area contributed by atoms with Gasteiger partial charge in [0.2, 0.25) is 17.7 Å². The van der Waals surface area contributed by atoms with Gasteiger partial charge in [0.25, 0.3) is 0 Å². The molecule has 0 saturated carbocycles. The Labute approximate surface area is 235 Å². The molecule has 40 heavy (non-hydrogen) atoms. The summed E-state index contributed by atoms with van der Waals surface area (Å²) < 4.78 is 16.2. The van der Waals surface area contributed by atoms with Crippen LogP contribution in [-0.4, -0.2) is 42.6 Å². The first-order chi connectivity index (χ1) is 18.8. The number of para-hydroxylation sites is 1. The molecule has 1 atom stereocenters. The minimum atomic E-state index is -1.13. The molecule has 0 radical (unpaired) electrons. The van der Waals surface area contributed by atoms with Crippen molar-refractivity contribution in [2.75, 3.05) is 24.4 Å². The van der Waals surface area contributed by atoms with E-state index >= 15 is 0 Å². The Morgan fingerprint density at radius 3 is 2.30 bits per heavy atom. The Morgan fingerprint density at radius 1 is 1.00 bits per heavy atom. The number of anilines is 2. The lowest BCUT2D eigenvalue weighted by Gasteiger charge is -2.35. The Morgan fingerprint density at radius 2 is 1.73 bits per heavy atom. The quantitative estimate of drug-likeness (QED) is 0.363. The molecule has 0 aliphatic carbocycles. The summed E-state index contributed by atoms with van der Waals surface area (Å²) in [7, 11) is 2.99. The molecule has 2 aromatic carbocycles. The zero-order chi connectivity index (χ0) is 29.6. The van der Waals surface area contributed by atoms with Crippen molar-refractivity contribution in [3.63, 3.8) is 0 Å². The summed E-state index contributed by atoms with van der Waals surface area (Å²) in [5.41, 5.74) is 2.20. The van der Waals surface area contributed by atoms with E-state index in [9.17, 15) is 14.4 Å². The summed E-state index contributed by atoms with van der Waals surface area (Å²) in [6.07, 6.45) is -0.295. The number of aryl methyl sites for hydroxylation is 3. The number of aromatic nitrogens is 1. The molecule has 10 heteroatoms. The maximum Gasteiger partial charge on any atom is 0.248 e. The van der Waals surface area contributed by atoms with Crippen LogP contribution in [-0.2, 0) is 14.4 Å². The minimum absolute atomic E-state index is 0.130. The van der Waals surface area contributed by atoms with Gasteiger partial charge in [-0.05, 0) is 59.2 Å². The van der Waals surface area contributed by atoms with E-state index in [2.05, 4.69) is 15.8 Å². The van der Waals surface area contributed by atoms with Crippen LogP contribution in [0.15, 0.2) is 47.0 Å². The molecular weight excluding hydrogens is 512 g/mol. The molecule has 0 unspecified atom stereocenters. The van der Waals surface area contributed by atoms with E-state index in [4.69, 9.17) is 14.0 Å². The SMILES string of the molecule is COc1cccc([C@@H](C(=O)NC(C)(C)C)N(C(=O)CCC(=O)Nc2cc(C)on2)c2ccc(C)cc2C)c1OC. The summed E-state index contributed by atoms with van der Waals surface area (Å²) >= 11 is 0. The van der Waals surface area contributed by atoms with E-state index in [1.807, 2.05) is 52.8 Å². The van der Waals surface area contributed by atoms with Crippen LogP contribution in [0.5, 0.6) is 11.5 Å². The largest absolute Gasteiger partial charge is 0.493 e. The number of carbonyl (C=O) groups excluding carboxylic acids is 3. The van der Waals surface area contributed by atoms with Gasteiger partial charge in [-0.1, -0.05) is 35.0 Å². The fraction of sp³-hybridized carbons (Fsp3) is 0.400. The van der Waals surface area contributed by atoms with Gasteiger partial charge in [0.15, 0.2) is 17.3 Å². The zero-order valence-corrected chi connectivity index (χ0v) is 24.4. The van der Waals surface area contributed by atoms with Gasteiger partial charge >= 0.3 is 0 Å². The number of nitrogens with zero attached hydrogens (tertiary/aromatic N) is 2. The van der Waals surface area contributed by atoms with Gasteiger partial charge in [-0.15, -0.1) is 0 Å². The topological polar surface area (TPSA) is 123 Å². The number of hydrogen-bond donors (Lipinski definition) is 2. The van der Waals surface area contributed by atoms with Crippen molar-refractivity contribution in [2.45, 2.75) is 66.0 Å². The molecule has 214 valence electrons. The van der Waals surface area contributed by atoms with Crippen molar-refractivity contribution < 1.29 is 28.4 Å². The first-order valence-corrected chi connectivity index (χ1v) is 13.0. The molecular formula is C30H38N4O6. The number of nitrogens with one attached hydrogen (secondary N) is 2. The van der Waals surface area contributed by atoms with Crippen LogP contribution < -0.4 is 25.0 Å². The number of ether oxygens (including phenoxy) is 2. The normalized spacial score (nSPS) is 11.9. The third-order valence-corrected chi connectivity index (χ3v) is 6.07. The fourth-order valence-corrected chi connectivity index (χ4v) is 4.43. The lowest BCUT2D eigenvalue weighted by atomic mass is 9.97. The highest BCUT2D eigenvalue weighted by molar-refractivity contribution is 6.04. The van der Waals surface area contributed by atoms with Crippen molar-refractivity contribution in [3.05, 3.63) is 64.9 Å². The van der Waals surface area contributed by atoms with Gasteiger partial charge in [0, 0.05) is 35.7 Å². The Kier molecular flexibility index (Phi) is 9.57. The molecule has 0 spiro atoms. The second-order valence-corrected chi connectivity index (χ2v) is 10.6. The van der Waals surface area contributed by atoms with Crippen LogP contribution in [0.1, 0.15) is 62.1 Å². The summed E-state index contributed by atoms with van der Waals surface area (Å²) in [6.45, 7) is 11.1. The van der Waals surface area contributed by atoms with E-state index < -0.39 is 29.3 Å². The summed E-state index contributed by atoms with van der Waals surface area (Å²) in [6, 6.07) is 11.3. The number of methoxy groups -OCH3 is 2. The average Bonchev–Trinajstić information content (AvgIpc) is 3.28. The lowest BCUT2D eigenvalue weighted by Crippen LogP contribution is -2.49. The third-order valence-electron chi connectivity index (χ3n) is 6.07. The van der Waals surface area contributed by atoms with E-state index in [-0.39, 0.29) is 18.7 Å². The van der Waals surface area contributed by atoms with Crippen molar-refractivity contribution in [2.24, 2.45) is 0 Å². The lowest BCUT2D eigenvalue weighted by molar-refractivity contribution is -0.128. The van der Waals surface area contributed by atoms with Crippen LogP contribution >= 0.6 is 0 Å². The highest BCUT2D eigenvalue weighted by Crippen LogP contribution is 2.40. The maximum absolute atomic E-state index is 14.0. The predicted octanol–water partition coefficient (Wildman–Crippen LogP) is 5.02. The Hall–Kier alpha value is -4.34. The van der Waals surface area contributed by atoms with Crippen LogP contribution in [0.3, 0.4) is 0 Å². The minimum Gasteiger partial charge on any atom is -0.493 e. The van der Waals surface area contributed by atoms with E-state index in [1.54, 1.807) is 31.2 Å². The number of benzene rings is 2. The van der Waals surface area contributed by atoms with Crippen molar-refractivity contribution in [3.8, 4) is 11.5 Å². The number of rotatable bonds is 10. The van der Waals surface area contributed by atoms with Crippen LogP contribution in [0, 0.1) is 20.8 Å². The van der Waals surface area contributed by atoms with E-state index in [0.717, 1.165) is 11.1 Å². The van der Waals surface area contributed by atoms with Crippen LogP contribution in [0.4, 0.5) is 11.5 Å². The second-order valence-electron chi connectivity index (χ2n) is 10.6. The summed E-state index contributed by atoms with van der Waals surface area (Å²) in [4.78, 5) is 42.2. The molecule has 0 aliphatic rings. The molecule has 0 aliphatic heterocycles. The van der Waals surface area contributed by atoms with Crippen molar-refractivity contribution >= 4 is 29.2 Å². The van der Waals surface area contributed by atoms with Gasteiger partial charge in [-0.25, -0.2) is 0 Å². The molecule has 1 aromatic heterocycles. The molecule has 3 rings (SSSR count). The van der Waals surface area contributed by atoms with E-state index in [0.29, 0.717) is 28.5 Å². The predicted molar refractivity (Wildman–Crippen MR) is 153 cm³/mol. The first-order valence-electron chi connectivity index (χ1n) is 13.0. The summed E-state index contributed by atoms with van der Waals surface area (Å²) in [5.74, 6) is 0.339. The van der Waals surface area contributed by atoms with E-state index in [1.165, 1.54) is 19.1 Å². The molecule has 0 saturated heterocycles. The van der Waals surface area contributed by atoms with Crippen molar-refractivity contribution in [1.82, 2.24) is 10.5 Å². The summed E-state index contributed by atoms with van der Waals surface area (Å²) in [5, 5.41) is 9.41. The fourth-order valence-electron chi connectivity index (χ4n) is 4.43. The first kappa shape index (κ1) is 30.2.